The molecule has 0 aliphatic carbocycles. The number of ether oxygens (including phenoxy) is 3. The summed E-state index contributed by atoms with van der Waals surface area (Å²) in [6.45, 7) is 3.59. The molecule has 3 aromatic rings. The maximum Gasteiger partial charge on any atom is 0.185 e. The normalized spacial score (nSPS) is 13.8. The number of rotatable bonds is 8. The first kappa shape index (κ1) is 23.1. The first-order valence-electron chi connectivity index (χ1n) is 10.8. The lowest BCUT2D eigenvalue weighted by Crippen LogP contribution is -2.36. The summed E-state index contributed by atoms with van der Waals surface area (Å²) in [5.74, 6) is 1.48. The zero-order valence-electron chi connectivity index (χ0n) is 18.5. The molecule has 6 heteroatoms. The molecule has 0 atom stereocenters. The second-order valence-electron chi connectivity index (χ2n) is 7.66. The van der Waals surface area contributed by atoms with Crippen LogP contribution in [0.4, 0.5) is 5.69 Å². The Kier molecular flexibility index (Phi) is 7.81. The molecule has 0 saturated carbocycles. The summed E-state index contributed by atoms with van der Waals surface area (Å²) >= 11 is 3.42. The van der Waals surface area contributed by atoms with E-state index < -0.39 is 0 Å². The number of benzene rings is 3. The first-order valence-corrected chi connectivity index (χ1v) is 11.6. The zero-order valence-corrected chi connectivity index (χ0v) is 20.1. The first-order chi connectivity index (χ1) is 16.1. The summed E-state index contributed by atoms with van der Waals surface area (Å²) in [6.07, 6.45) is 3.42. The van der Waals surface area contributed by atoms with Gasteiger partial charge in [-0.05, 0) is 72.3 Å². The van der Waals surface area contributed by atoms with Gasteiger partial charge >= 0.3 is 0 Å². The molecule has 0 aromatic heterocycles. The monoisotopic (exact) mass is 507 g/mol. The van der Waals surface area contributed by atoms with Gasteiger partial charge in [-0.3, -0.25) is 4.79 Å². The Labute approximate surface area is 202 Å². The molecule has 0 unspecified atom stereocenters. The number of allylic oxidation sites excluding steroid dienone is 1. The fourth-order valence-corrected chi connectivity index (χ4v) is 3.90. The minimum Gasteiger partial charge on any atom is -0.496 e. The van der Waals surface area contributed by atoms with Crippen LogP contribution in [-0.4, -0.2) is 39.2 Å². The van der Waals surface area contributed by atoms with Gasteiger partial charge in [0.1, 0.15) is 18.1 Å². The average molecular weight is 508 g/mol. The SMILES string of the molecule is COc1ccc(/C=C/C(=O)c2ccc(N3CCOCC3)cc2)cc1COc1ccc(Br)cc1. The molecule has 33 heavy (non-hydrogen) atoms. The molecule has 0 amide bonds. The van der Waals surface area contributed by atoms with Crippen LogP contribution in [0.25, 0.3) is 6.08 Å². The summed E-state index contributed by atoms with van der Waals surface area (Å²) in [7, 11) is 1.64. The molecule has 170 valence electrons. The molecule has 5 nitrogen and oxygen atoms in total. The van der Waals surface area contributed by atoms with E-state index in [0.717, 1.165) is 59.1 Å². The summed E-state index contributed by atoms with van der Waals surface area (Å²) < 4.78 is 17.8. The third kappa shape index (κ3) is 6.24. The van der Waals surface area contributed by atoms with Gasteiger partial charge in [0.15, 0.2) is 5.78 Å². The molecule has 4 rings (SSSR count). The number of methoxy groups -OCH3 is 1. The third-order valence-corrected chi connectivity index (χ3v) is 6.00. The molecule has 0 spiro atoms. The van der Waals surface area contributed by atoms with Crippen LogP contribution >= 0.6 is 15.9 Å². The van der Waals surface area contributed by atoms with Gasteiger partial charge in [0.25, 0.3) is 0 Å². The Morgan fingerprint density at radius 3 is 2.45 bits per heavy atom. The highest BCUT2D eigenvalue weighted by Gasteiger charge is 2.12. The smallest absolute Gasteiger partial charge is 0.185 e. The van der Waals surface area contributed by atoms with E-state index in [1.54, 1.807) is 13.2 Å². The second-order valence-corrected chi connectivity index (χ2v) is 8.57. The number of anilines is 1. The van der Waals surface area contributed by atoms with Crippen molar-refractivity contribution < 1.29 is 19.0 Å². The van der Waals surface area contributed by atoms with Crippen LogP contribution in [0.2, 0.25) is 0 Å². The van der Waals surface area contributed by atoms with Crippen LogP contribution in [0.3, 0.4) is 0 Å². The highest BCUT2D eigenvalue weighted by molar-refractivity contribution is 9.10. The van der Waals surface area contributed by atoms with Crippen molar-refractivity contribution in [3.05, 3.63) is 94.0 Å². The number of carbonyl (C=O) groups is 1. The van der Waals surface area contributed by atoms with Crippen molar-refractivity contribution >= 4 is 33.5 Å². The lowest BCUT2D eigenvalue weighted by atomic mass is 10.1. The van der Waals surface area contributed by atoms with Gasteiger partial charge < -0.3 is 19.1 Å². The number of halogens is 1. The Morgan fingerprint density at radius 1 is 1.03 bits per heavy atom. The fraction of sp³-hybridized carbons (Fsp3) is 0.222. The van der Waals surface area contributed by atoms with Crippen LogP contribution in [0.5, 0.6) is 11.5 Å². The van der Waals surface area contributed by atoms with Crippen molar-refractivity contribution in [1.82, 2.24) is 0 Å². The summed E-state index contributed by atoms with van der Waals surface area (Å²) in [6, 6.07) is 21.2. The number of morpholine rings is 1. The van der Waals surface area contributed by atoms with Crippen molar-refractivity contribution in [2.45, 2.75) is 6.61 Å². The molecule has 0 radical (unpaired) electrons. The predicted octanol–water partition coefficient (Wildman–Crippen LogP) is 5.77. The van der Waals surface area contributed by atoms with Crippen LogP contribution in [0.1, 0.15) is 21.5 Å². The largest absolute Gasteiger partial charge is 0.496 e. The molecule has 1 heterocycles. The topological polar surface area (TPSA) is 48.0 Å². The molecule has 1 aliphatic heterocycles. The van der Waals surface area contributed by atoms with Gasteiger partial charge in [0.05, 0.1) is 20.3 Å². The predicted molar refractivity (Wildman–Crippen MR) is 134 cm³/mol. The summed E-state index contributed by atoms with van der Waals surface area (Å²) in [5.41, 5.74) is 3.59. The standard InChI is InChI=1S/C27H26BrNO4/c1-31-27-13-3-20(18-22(27)19-33-25-10-6-23(28)7-11-25)2-12-26(30)21-4-8-24(9-5-21)29-14-16-32-17-15-29/h2-13,18H,14-17,19H2,1H3/b12-2+. The quantitative estimate of drug-likeness (QED) is 0.286. The summed E-state index contributed by atoms with van der Waals surface area (Å²) in [5, 5.41) is 0. The van der Waals surface area contributed by atoms with Crippen molar-refractivity contribution in [2.24, 2.45) is 0 Å². The lowest BCUT2D eigenvalue weighted by Gasteiger charge is -2.28. The summed E-state index contributed by atoms with van der Waals surface area (Å²) in [4.78, 5) is 14.9. The number of hydrogen-bond acceptors (Lipinski definition) is 5. The van der Waals surface area contributed by atoms with Crippen molar-refractivity contribution in [2.75, 3.05) is 38.3 Å². The van der Waals surface area contributed by atoms with Gasteiger partial charge in [-0.1, -0.05) is 28.1 Å². The van der Waals surface area contributed by atoms with E-state index in [1.807, 2.05) is 72.8 Å². The van der Waals surface area contributed by atoms with E-state index in [1.165, 1.54) is 0 Å². The van der Waals surface area contributed by atoms with Gasteiger partial charge in [0.2, 0.25) is 0 Å². The van der Waals surface area contributed by atoms with Crippen LogP contribution in [0, 0.1) is 0 Å². The van der Waals surface area contributed by atoms with Crippen molar-refractivity contribution in [1.29, 1.82) is 0 Å². The maximum atomic E-state index is 12.7. The molecule has 0 N–H and O–H groups in total. The van der Waals surface area contributed by atoms with Gasteiger partial charge in [-0.2, -0.15) is 0 Å². The minimum atomic E-state index is -0.0352. The Morgan fingerprint density at radius 2 is 1.76 bits per heavy atom. The average Bonchev–Trinajstić information content (AvgIpc) is 2.87. The molecular weight excluding hydrogens is 482 g/mol. The van der Waals surface area contributed by atoms with Gasteiger partial charge in [-0.15, -0.1) is 0 Å². The Bertz CT molecular complexity index is 1100. The number of nitrogens with zero attached hydrogens (tertiary/aromatic N) is 1. The zero-order chi connectivity index (χ0) is 23.0. The van der Waals surface area contributed by atoms with E-state index in [0.29, 0.717) is 12.2 Å². The number of ketones is 1. The fourth-order valence-electron chi connectivity index (χ4n) is 3.63. The highest BCUT2D eigenvalue weighted by atomic mass is 79.9. The van der Waals surface area contributed by atoms with Gasteiger partial charge in [-0.25, -0.2) is 0 Å². The molecular formula is C27H26BrNO4. The van der Waals surface area contributed by atoms with E-state index in [4.69, 9.17) is 14.2 Å². The molecule has 1 saturated heterocycles. The number of hydrogen-bond donors (Lipinski definition) is 0. The molecule has 1 aliphatic rings. The third-order valence-electron chi connectivity index (χ3n) is 5.47. The molecule has 1 fully saturated rings. The van der Waals surface area contributed by atoms with Crippen LogP contribution < -0.4 is 14.4 Å². The Balaban J connectivity index is 1.41. The Hall–Kier alpha value is -3.09. The maximum absolute atomic E-state index is 12.7. The van der Waals surface area contributed by atoms with Gasteiger partial charge in [0, 0.05) is 34.4 Å². The van der Waals surface area contributed by atoms with Crippen LogP contribution in [-0.2, 0) is 11.3 Å². The molecule has 0 bridgehead atoms. The lowest BCUT2D eigenvalue weighted by molar-refractivity contribution is 0.104. The second kappa shape index (κ2) is 11.2. The van der Waals surface area contributed by atoms with E-state index in [2.05, 4.69) is 20.8 Å². The highest BCUT2D eigenvalue weighted by Crippen LogP contribution is 2.24. The van der Waals surface area contributed by atoms with Crippen molar-refractivity contribution in [3.8, 4) is 11.5 Å². The van der Waals surface area contributed by atoms with E-state index in [9.17, 15) is 4.79 Å². The number of carbonyl (C=O) groups excluding carboxylic acids is 1. The van der Waals surface area contributed by atoms with Crippen molar-refractivity contribution in [3.63, 3.8) is 0 Å². The van der Waals surface area contributed by atoms with E-state index in [-0.39, 0.29) is 5.78 Å². The molecule has 3 aromatic carbocycles. The van der Waals surface area contributed by atoms with Crippen LogP contribution in [0.15, 0.2) is 77.3 Å². The van der Waals surface area contributed by atoms with E-state index >= 15 is 0 Å². The minimum absolute atomic E-state index is 0.0352.